The number of ether oxygens (including phenoxy) is 1. The van der Waals surface area contributed by atoms with Crippen molar-refractivity contribution in [3.8, 4) is 6.07 Å². The van der Waals surface area contributed by atoms with E-state index in [4.69, 9.17) is 10.00 Å². The Morgan fingerprint density at radius 3 is 2.94 bits per heavy atom. The van der Waals surface area contributed by atoms with Crippen LogP contribution in [0.4, 0.5) is 0 Å². The van der Waals surface area contributed by atoms with Gasteiger partial charge in [0.1, 0.15) is 5.69 Å². The Morgan fingerprint density at radius 2 is 2.33 bits per heavy atom. The zero-order chi connectivity index (χ0) is 13.5. The fourth-order valence-corrected chi connectivity index (χ4v) is 1.86. The Morgan fingerprint density at radius 1 is 1.61 bits per heavy atom. The van der Waals surface area contributed by atoms with E-state index in [0.717, 1.165) is 11.3 Å². The number of amides is 1. The lowest BCUT2D eigenvalue weighted by Gasteiger charge is -2.13. The quantitative estimate of drug-likeness (QED) is 0.751. The summed E-state index contributed by atoms with van der Waals surface area (Å²) in [6.07, 6.45) is 0.261. The SMILES string of the molecule is CCOC(=O)c1nc(C(=O)N(C)CCC#N)cs1. The Hall–Kier alpha value is -1.94. The highest BCUT2D eigenvalue weighted by Gasteiger charge is 2.18. The van der Waals surface area contributed by atoms with E-state index in [9.17, 15) is 9.59 Å². The molecular weight excluding hydrogens is 254 g/mol. The van der Waals surface area contributed by atoms with E-state index < -0.39 is 5.97 Å². The minimum absolute atomic E-state index is 0.161. The van der Waals surface area contributed by atoms with Crippen LogP contribution in [0.25, 0.3) is 0 Å². The number of aromatic nitrogens is 1. The molecule has 0 unspecified atom stereocenters. The molecule has 0 aliphatic carbocycles. The first-order valence-electron chi connectivity index (χ1n) is 5.35. The summed E-state index contributed by atoms with van der Waals surface area (Å²) in [4.78, 5) is 28.6. The molecule has 0 bridgehead atoms. The van der Waals surface area contributed by atoms with Gasteiger partial charge >= 0.3 is 5.97 Å². The van der Waals surface area contributed by atoms with Gasteiger partial charge in [0.25, 0.3) is 5.91 Å². The molecule has 0 fully saturated rings. The van der Waals surface area contributed by atoms with Gasteiger partial charge in [-0.05, 0) is 6.92 Å². The van der Waals surface area contributed by atoms with Crippen LogP contribution in [0.3, 0.4) is 0 Å². The predicted molar refractivity (Wildman–Crippen MR) is 65.3 cm³/mol. The van der Waals surface area contributed by atoms with Crippen LogP contribution in [0.1, 0.15) is 33.6 Å². The monoisotopic (exact) mass is 267 g/mol. The van der Waals surface area contributed by atoms with E-state index in [0.29, 0.717) is 6.54 Å². The largest absolute Gasteiger partial charge is 0.461 e. The van der Waals surface area contributed by atoms with E-state index in [1.165, 1.54) is 10.3 Å². The second kappa shape index (κ2) is 6.71. The molecule has 0 atom stereocenters. The predicted octanol–water partition coefficient (Wildman–Crippen LogP) is 1.31. The molecule has 1 heterocycles. The number of thiazole rings is 1. The second-order valence-corrected chi connectivity index (χ2v) is 4.25. The van der Waals surface area contributed by atoms with Crippen LogP contribution in [0.2, 0.25) is 0 Å². The van der Waals surface area contributed by atoms with Crippen LogP contribution >= 0.6 is 11.3 Å². The van der Waals surface area contributed by atoms with Crippen LogP contribution in [0.15, 0.2) is 5.38 Å². The van der Waals surface area contributed by atoms with E-state index in [-0.39, 0.29) is 29.6 Å². The fraction of sp³-hybridized carbons (Fsp3) is 0.455. The van der Waals surface area contributed by atoms with Crippen molar-refractivity contribution in [2.75, 3.05) is 20.2 Å². The zero-order valence-corrected chi connectivity index (χ0v) is 11.0. The Kier molecular flexibility index (Phi) is 5.27. The number of nitrogens with zero attached hydrogens (tertiary/aromatic N) is 3. The third kappa shape index (κ3) is 3.53. The van der Waals surface area contributed by atoms with Gasteiger partial charge in [0, 0.05) is 19.0 Å². The first kappa shape index (κ1) is 14.1. The van der Waals surface area contributed by atoms with Gasteiger partial charge in [0.2, 0.25) is 5.01 Å². The first-order valence-corrected chi connectivity index (χ1v) is 6.23. The molecule has 96 valence electrons. The number of carbonyl (C=O) groups excluding carboxylic acids is 2. The van der Waals surface area contributed by atoms with Crippen LogP contribution in [0.5, 0.6) is 0 Å². The number of nitriles is 1. The molecule has 7 heteroatoms. The maximum atomic E-state index is 11.9. The summed E-state index contributed by atoms with van der Waals surface area (Å²) < 4.78 is 4.79. The molecule has 1 rings (SSSR count). The smallest absolute Gasteiger partial charge is 0.367 e. The number of rotatable bonds is 5. The average Bonchev–Trinajstić information content (AvgIpc) is 2.84. The molecule has 0 N–H and O–H groups in total. The molecule has 0 saturated heterocycles. The van der Waals surface area contributed by atoms with Crippen molar-refractivity contribution >= 4 is 23.2 Å². The maximum absolute atomic E-state index is 11.9. The standard InChI is InChI=1S/C11H13N3O3S/c1-3-17-11(16)9-13-8(7-18-9)10(15)14(2)6-4-5-12/h7H,3-4,6H2,1-2H3. The van der Waals surface area contributed by atoms with Crippen LogP contribution < -0.4 is 0 Å². The van der Waals surface area contributed by atoms with Crippen LogP contribution in [-0.4, -0.2) is 42.0 Å². The summed E-state index contributed by atoms with van der Waals surface area (Å²) in [5.74, 6) is -0.835. The molecule has 0 radical (unpaired) electrons. The highest BCUT2D eigenvalue weighted by Crippen LogP contribution is 2.12. The average molecular weight is 267 g/mol. The normalized spacial score (nSPS) is 9.61. The van der Waals surface area contributed by atoms with Crippen molar-refractivity contribution in [3.63, 3.8) is 0 Å². The molecule has 1 amide bonds. The summed E-state index contributed by atoms with van der Waals surface area (Å²) >= 11 is 1.07. The molecule has 0 aliphatic heterocycles. The fourth-order valence-electron chi connectivity index (χ4n) is 1.17. The van der Waals surface area contributed by atoms with E-state index in [1.54, 1.807) is 14.0 Å². The molecule has 0 spiro atoms. The van der Waals surface area contributed by atoms with Gasteiger partial charge in [0.15, 0.2) is 0 Å². The first-order chi connectivity index (χ1) is 8.60. The number of esters is 1. The van der Waals surface area contributed by atoms with Crippen LogP contribution in [-0.2, 0) is 4.74 Å². The number of carbonyl (C=O) groups is 2. The van der Waals surface area contributed by atoms with Crippen molar-refractivity contribution in [2.45, 2.75) is 13.3 Å². The highest BCUT2D eigenvalue weighted by atomic mass is 32.1. The van der Waals surface area contributed by atoms with Gasteiger partial charge in [-0.2, -0.15) is 5.26 Å². The molecule has 0 aromatic carbocycles. The molecule has 6 nitrogen and oxygen atoms in total. The molecule has 18 heavy (non-hydrogen) atoms. The Labute approximate surface area is 109 Å². The lowest BCUT2D eigenvalue weighted by molar-refractivity contribution is 0.0526. The van der Waals surface area contributed by atoms with E-state index in [1.807, 2.05) is 6.07 Å². The number of hydrogen-bond acceptors (Lipinski definition) is 6. The molecule has 0 aliphatic rings. The van der Waals surface area contributed by atoms with Crippen molar-refractivity contribution < 1.29 is 14.3 Å². The van der Waals surface area contributed by atoms with E-state index >= 15 is 0 Å². The van der Waals surface area contributed by atoms with Crippen molar-refractivity contribution in [2.24, 2.45) is 0 Å². The van der Waals surface area contributed by atoms with E-state index in [2.05, 4.69) is 4.98 Å². The zero-order valence-electron chi connectivity index (χ0n) is 10.2. The lowest BCUT2D eigenvalue weighted by atomic mass is 10.3. The molecule has 1 aromatic rings. The van der Waals surface area contributed by atoms with Gasteiger partial charge in [-0.3, -0.25) is 4.79 Å². The molecule has 1 aromatic heterocycles. The molecular formula is C11H13N3O3S. The highest BCUT2D eigenvalue weighted by molar-refractivity contribution is 7.11. The Balaban J connectivity index is 2.70. The maximum Gasteiger partial charge on any atom is 0.367 e. The third-order valence-corrected chi connectivity index (χ3v) is 2.90. The summed E-state index contributed by atoms with van der Waals surface area (Å²) in [6.45, 7) is 2.30. The summed E-state index contributed by atoms with van der Waals surface area (Å²) in [6, 6.07) is 1.96. The van der Waals surface area contributed by atoms with Crippen LogP contribution in [0, 0.1) is 11.3 Å². The third-order valence-electron chi connectivity index (χ3n) is 2.08. The van der Waals surface area contributed by atoms with Crippen molar-refractivity contribution in [1.82, 2.24) is 9.88 Å². The van der Waals surface area contributed by atoms with Gasteiger partial charge in [-0.25, -0.2) is 9.78 Å². The summed E-state index contributed by atoms with van der Waals surface area (Å²) in [5, 5.41) is 10.1. The minimum Gasteiger partial charge on any atom is -0.461 e. The lowest BCUT2D eigenvalue weighted by Crippen LogP contribution is -2.27. The van der Waals surface area contributed by atoms with Crippen molar-refractivity contribution in [1.29, 1.82) is 5.26 Å². The topological polar surface area (TPSA) is 83.3 Å². The van der Waals surface area contributed by atoms with Gasteiger partial charge < -0.3 is 9.64 Å². The minimum atomic E-state index is -0.527. The Bertz CT molecular complexity index is 478. The second-order valence-electron chi connectivity index (χ2n) is 3.39. The van der Waals surface area contributed by atoms with Crippen molar-refractivity contribution in [3.05, 3.63) is 16.1 Å². The summed E-state index contributed by atoms with van der Waals surface area (Å²) in [5.41, 5.74) is 0.198. The molecule has 0 saturated carbocycles. The van der Waals surface area contributed by atoms with Gasteiger partial charge in [-0.1, -0.05) is 0 Å². The summed E-state index contributed by atoms with van der Waals surface area (Å²) in [7, 11) is 1.59. The number of hydrogen-bond donors (Lipinski definition) is 0. The van der Waals surface area contributed by atoms with Gasteiger partial charge in [-0.15, -0.1) is 11.3 Å². The van der Waals surface area contributed by atoms with Gasteiger partial charge in [0.05, 0.1) is 19.1 Å².